The second kappa shape index (κ2) is 4.31. The van der Waals surface area contributed by atoms with E-state index in [-0.39, 0.29) is 18.2 Å². The number of nitrogens with two attached hydrogens (primary N) is 1. The number of amidine groups is 1. The second-order valence-corrected chi connectivity index (χ2v) is 2.06. The molecule has 0 radical (unpaired) electrons. The Labute approximate surface area is 75.9 Å². The van der Waals surface area contributed by atoms with Gasteiger partial charge in [-0.1, -0.05) is 0 Å². The van der Waals surface area contributed by atoms with Crippen molar-refractivity contribution < 1.29 is 12.4 Å². The highest BCUT2D eigenvalue weighted by Crippen LogP contribution is 2.11. The first-order valence-corrected chi connectivity index (χ1v) is 3.03. The van der Waals surface area contributed by atoms with E-state index in [2.05, 4.69) is 4.98 Å². The normalized spacial score (nSPS) is 7.92. The van der Waals surface area contributed by atoms with Crippen LogP contribution in [0.1, 0.15) is 5.56 Å². The molecule has 0 heterocycles. The Bertz CT molecular complexity index is 311. The van der Waals surface area contributed by atoms with Gasteiger partial charge in [-0.3, -0.25) is 5.41 Å². The van der Waals surface area contributed by atoms with E-state index in [1.807, 2.05) is 0 Å². The molecule has 0 saturated carbocycles. The predicted octanol–water partition coefficient (Wildman–Crippen LogP) is -1.54. The molecule has 0 unspecified atom stereocenters. The van der Waals surface area contributed by atoms with E-state index in [0.29, 0.717) is 11.3 Å². The zero-order valence-electron chi connectivity index (χ0n) is 6.16. The zero-order valence-corrected chi connectivity index (χ0v) is 6.92. The van der Waals surface area contributed by atoms with Gasteiger partial charge in [0.05, 0.1) is 0 Å². The summed E-state index contributed by atoms with van der Waals surface area (Å²) in [6, 6.07) is 6.40. The molecule has 0 saturated heterocycles. The Hall–Kier alpha value is -1.60. The van der Waals surface area contributed by atoms with Gasteiger partial charge in [0.25, 0.3) is 0 Å². The lowest BCUT2D eigenvalue weighted by Gasteiger charge is -1.92. The minimum atomic E-state index is 0. The Kier molecular flexibility index (Phi) is 3.74. The first-order chi connectivity index (χ1) is 5.24. The summed E-state index contributed by atoms with van der Waals surface area (Å²) < 4.78 is 0. The molecule has 1 aromatic rings. The standard InChI is InChI=1S/C7H7N4.ClH/c8-7(9)5-1-3-6(11-10)4-2-5;/h1-4H,(H3,8,9);1H/q+1;/p-1. The average molecular weight is 183 g/mol. The van der Waals surface area contributed by atoms with Crippen molar-refractivity contribution in [3.8, 4) is 0 Å². The largest absolute Gasteiger partial charge is 1.00 e. The number of nitrogen functional groups attached to an aromatic ring is 1. The van der Waals surface area contributed by atoms with Crippen LogP contribution in [-0.4, -0.2) is 5.84 Å². The Morgan fingerprint density at radius 2 is 1.83 bits per heavy atom. The number of hydrogen-bond donors (Lipinski definition) is 2. The molecule has 0 atom stereocenters. The highest BCUT2D eigenvalue weighted by Gasteiger charge is 2.02. The lowest BCUT2D eigenvalue weighted by atomic mass is 10.2. The maximum Gasteiger partial charge on any atom is 0.385 e. The molecule has 4 nitrogen and oxygen atoms in total. The third kappa shape index (κ3) is 2.22. The van der Waals surface area contributed by atoms with E-state index in [9.17, 15) is 0 Å². The summed E-state index contributed by atoms with van der Waals surface area (Å²) in [6.45, 7) is 0. The topological polar surface area (TPSA) is 78.0 Å². The lowest BCUT2D eigenvalue weighted by molar-refractivity contribution is -0.00000285. The Balaban J connectivity index is 0.00000121. The summed E-state index contributed by atoms with van der Waals surface area (Å²) in [4.78, 5) is 2.96. The van der Waals surface area contributed by atoms with E-state index >= 15 is 0 Å². The van der Waals surface area contributed by atoms with Crippen molar-refractivity contribution in [1.29, 1.82) is 10.8 Å². The van der Waals surface area contributed by atoms with E-state index in [0.717, 1.165) is 0 Å². The van der Waals surface area contributed by atoms with Crippen LogP contribution >= 0.6 is 0 Å². The number of rotatable bonds is 1. The minimum absolute atomic E-state index is 0. The quantitative estimate of drug-likeness (QED) is 0.314. The summed E-state index contributed by atoms with van der Waals surface area (Å²) in [5.74, 6) is 0.00879. The highest BCUT2D eigenvalue weighted by molar-refractivity contribution is 5.95. The second-order valence-electron chi connectivity index (χ2n) is 2.06. The van der Waals surface area contributed by atoms with Crippen LogP contribution < -0.4 is 18.1 Å². The van der Waals surface area contributed by atoms with Gasteiger partial charge in [-0.15, -0.1) is 0 Å². The molecule has 0 aliphatic rings. The summed E-state index contributed by atoms with van der Waals surface area (Å²) in [7, 11) is 0. The van der Waals surface area contributed by atoms with Crippen molar-refractivity contribution in [3.63, 3.8) is 0 Å². The first-order valence-electron chi connectivity index (χ1n) is 3.03. The Morgan fingerprint density at radius 3 is 2.17 bits per heavy atom. The molecular weight excluding hydrogens is 176 g/mol. The van der Waals surface area contributed by atoms with Gasteiger partial charge < -0.3 is 18.1 Å². The van der Waals surface area contributed by atoms with Gasteiger partial charge in [-0.25, -0.2) is 0 Å². The van der Waals surface area contributed by atoms with Crippen LogP contribution in [0.25, 0.3) is 4.98 Å². The molecule has 0 aromatic heterocycles. The lowest BCUT2D eigenvalue weighted by Crippen LogP contribution is -3.00. The Morgan fingerprint density at radius 1 is 1.33 bits per heavy atom. The third-order valence-electron chi connectivity index (χ3n) is 1.29. The molecule has 12 heavy (non-hydrogen) atoms. The molecule has 0 aliphatic carbocycles. The van der Waals surface area contributed by atoms with Gasteiger partial charge in [0, 0.05) is 17.7 Å². The first kappa shape index (κ1) is 10.4. The van der Waals surface area contributed by atoms with Crippen LogP contribution in [0.3, 0.4) is 0 Å². The molecule has 1 rings (SSSR count). The molecule has 3 N–H and O–H groups in total. The monoisotopic (exact) mass is 182 g/mol. The van der Waals surface area contributed by atoms with Crippen molar-refractivity contribution in [2.24, 2.45) is 5.73 Å². The number of diazo groups is 1. The number of nitrogens with one attached hydrogen (secondary N) is 1. The van der Waals surface area contributed by atoms with Gasteiger partial charge in [0.2, 0.25) is 5.39 Å². The smallest absolute Gasteiger partial charge is 0.385 e. The molecular formula is C7H7ClN4. The molecule has 0 aliphatic heterocycles. The van der Waals surface area contributed by atoms with E-state index in [4.69, 9.17) is 16.5 Å². The molecule has 1 aromatic carbocycles. The number of benzene rings is 1. The van der Waals surface area contributed by atoms with E-state index in [1.54, 1.807) is 24.3 Å². The van der Waals surface area contributed by atoms with Crippen LogP contribution in [0, 0.1) is 10.8 Å². The SMILES string of the molecule is N#[N+]c1ccc(C(=N)N)cc1.[Cl-]. The van der Waals surface area contributed by atoms with Crippen LogP contribution in [0.5, 0.6) is 0 Å². The zero-order chi connectivity index (χ0) is 8.27. The summed E-state index contributed by atoms with van der Waals surface area (Å²) in [5, 5.41) is 15.4. The highest BCUT2D eigenvalue weighted by atomic mass is 35.5. The molecule has 62 valence electrons. The molecule has 0 spiro atoms. The molecule has 0 fully saturated rings. The summed E-state index contributed by atoms with van der Waals surface area (Å²) in [5.41, 5.74) is 6.27. The number of halogens is 1. The van der Waals surface area contributed by atoms with Gasteiger partial charge in [0.1, 0.15) is 5.84 Å². The van der Waals surface area contributed by atoms with Crippen molar-refractivity contribution in [2.45, 2.75) is 0 Å². The molecule has 0 amide bonds. The van der Waals surface area contributed by atoms with Gasteiger partial charge >= 0.3 is 5.69 Å². The minimum Gasteiger partial charge on any atom is -1.00 e. The molecule has 0 bridgehead atoms. The fraction of sp³-hybridized carbons (Fsp3) is 0. The van der Waals surface area contributed by atoms with Crippen LogP contribution in [0.4, 0.5) is 5.69 Å². The van der Waals surface area contributed by atoms with E-state index in [1.165, 1.54) is 0 Å². The van der Waals surface area contributed by atoms with Crippen molar-refractivity contribution in [3.05, 3.63) is 34.8 Å². The van der Waals surface area contributed by atoms with Crippen molar-refractivity contribution >= 4 is 11.5 Å². The summed E-state index contributed by atoms with van der Waals surface area (Å²) in [6.07, 6.45) is 0. The number of hydrogen-bond acceptors (Lipinski definition) is 2. The maximum absolute atomic E-state index is 8.31. The van der Waals surface area contributed by atoms with Crippen LogP contribution in [0.2, 0.25) is 0 Å². The van der Waals surface area contributed by atoms with Gasteiger partial charge in [-0.05, 0) is 12.1 Å². The average Bonchev–Trinajstić information content (AvgIpc) is 2.05. The van der Waals surface area contributed by atoms with Crippen LogP contribution in [0.15, 0.2) is 24.3 Å². The fourth-order valence-corrected chi connectivity index (χ4v) is 0.708. The third-order valence-corrected chi connectivity index (χ3v) is 1.29. The van der Waals surface area contributed by atoms with Crippen molar-refractivity contribution in [2.75, 3.05) is 0 Å². The predicted molar refractivity (Wildman–Crippen MR) is 42.2 cm³/mol. The number of nitrogens with zero attached hydrogens (tertiary/aromatic N) is 2. The van der Waals surface area contributed by atoms with E-state index < -0.39 is 0 Å². The van der Waals surface area contributed by atoms with Gasteiger partial charge in [0.15, 0.2) is 4.98 Å². The van der Waals surface area contributed by atoms with Gasteiger partial charge in [-0.2, -0.15) is 0 Å². The molecule has 5 heteroatoms. The maximum atomic E-state index is 8.31. The summed E-state index contributed by atoms with van der Waals surface area (Å²) >= 11 is 0. The fourth-order valence-electron chi connectivity index (χ4n) is 0.708. The van der Waals surface area contributed by atoms with Crippen molar-refractivity contribution in [1.82, 2.24) is 0 Å². The van der Waals surface area contributed by atoms with Crippen LogP contribution in [-0.2, 0) is 0 Å².